The highest BCUT2D eigenvalue weighted by atomic mass is 16.5. The first-order valence-corrected chi connectivity index (χ1v) is 11.9. The van der Waals surface area contributed by atoms with Crippen molar-refractivity contribution in [1.82, 2.24) is 10.2 Å². The summed E-state index contributed by atoms with van der Waals surface area (Å²) in [5, 5.41) is 4.07. The minimum atomic E-state index is -0.245. The first kappa shape index (κ1) is 21.7. The van der Waals surface area contributed by atoms with Gasteiger partial charge in [-0.2, -0.15) is 0 Å². The number of amides is 1. The first-order valence-electron chi connectivity index (χ1n) is 11.9. The zero-order valence-electron chi connectivity index (χ0n) is 18.8. The first-order chi connectivity index (χ1) is 16.2. The zero-order chi connectivity index (χ0) is 22.6. The molecule has 1 fully saturated rings. The predicted molar refractivity (Wildman–Crippen MR) is 128 cm³/mol. The van der Waals surface area contributed by atoms with Crippen molar-refractivity contribution in [1.29, 1.82) is 0 Å². The van der Waals surface area contributed by atoms with E-state index < -0.39 is 0 Å². The molecule has 2 aliphatic rings. The lowest BCUT2D eigenvalue weighted by Gasteiger charge is -2.32. The Bertz CT molecular complexity index is 1180. The number of rotatable bonds is 6. The van der Waals surface area contributed by atoms with Crippen LogP contribution >= 0.6 is 0 Å². The Hall–Kier alpha value is -3.12. The van der Waals surface area contributed by atoms with Crippen LogP contribution in [0.2, 0.25) is 0 Å². The molecular weight excluding hydrogens is 416 g/mol. The monoisotopic (exact) mass is 446 g/mol. The molecule has 1 amide bonds. The SMILES string of the molecule is O=C(COc1ccc2c3c(c(=O)oc2c1)CCCC3)NC1CCN(Cc2ccccc2)CC1. The maximum Gasteiger partial charge on any atom is 0.339 e. The van der Waals surface area contributed by atoms with Crippen LogP contribution in [0.15, 0.2) is 57.7 Å². The lowest BCUT2D eigenvalue weighted by Crippen LogP contribution is -2.45. The van der Waals surface area contributed by atoms with Crippen molar-refractivity contribution in [2.24, 2.45) is 0 Å². The summed E-state index contributed by atoms with van der Waals surface area (Å²) in [6.07, 6.45) is 5.69. The smallest absolute Gasteiger partial charge is 0.339 e. The Balaban J connectivity index is 1.13. The molecule has 0 atom stereocenters. The number of aryl methyl sites for hydroxylation is 1. The summed E-state index contributed by atoms with van der Waals surface area (Å²) in [6.45, 7) is 2.83. The van der Waals surface area contributed by atoms with Gasteiger partial charge < -0.3 is 14.5 Å². The van der Waals surface area contributed by atoms with Gasteiger partial charge in [-0.25, -0.2) is 4.79 Å². The Morgan fingerprint density at radius 2 is 1.79 bits per heavy atom. The number of carbonyl (C=O) groups excluding carboxylic acids is 1. The van der Waals surface area contributed by atoms with E-state index in [0.29, 0.717) is 11.3 Å². The van der Waals surface area contributed by atoms with Gasteiger partial charge in [0.1, 0.15) is 11.3 Å². The standard InChI is InChI=1S/C27H30N2O4/c30-26(28-20-12-14-29(15-13-20)17-19-6-2-1-3-7-19)18-32-21-10-11-23-22-8-4-5-9-24(22)27(31)33-25(23)16-21/h1-3,6-7,10-11,16,20H,4-5,8-9,12-15,17-18H2,(H,28,30). The van der Waals surface area contributed by atoms with E-state index >= 15 is 0 Å². The number of piperidine rings is 1. The maximum absolute atomic E-state index is 12.4. The molecule has 0 spiro atoms. The molecule has 6 nitrogen and oxygen atoms in total. The molecule has 0 radical (unpaired) electrons. The Labute approximate surface area is 193 Å². The summed E-state index contributed by atoms with van der Waals surface area (Å²) >= 11 is 0. The fraction of sp³-hybridized carbons (Fsp3) is 0.407. The van der Waals surface area contributed by atoms with Gasteiger partial charge >= 0.3 is 5.63 Å². The predicted octanol–water partition coefficient (Wildman–Crippen LogP) is 3.83. The number of benzene rings is 2. The molecule has 1 saturated heterocycles. The summed E-state index contributed by atoms with van der Waals surface area (Å²) < 4.78 is 11.3. The van der Waals surface area contributed by atoms with Crippen LogP contribution in [-0.4, -0.2) is 36.5 Å². The summed E-state index contributed by atoms with van der Waals surface area (Å²) in [5.41, 5.74) is 3.53. The van der Waals surface area contributed by atoms with Crippen LogP contribution in [0.25, 0.3) is 11.0 Å². The molecule has 3 aromatic rings. The van der Waals surface area contributed by atoms with Crippen LogP contribution in [0, 0.1) is 0 Å². The average Bonchev–Trinajstić information content (AvgIpc) is 2.85. The summed E-state index contributed by atoms with van der Waals surface area (Å²) in [5.74, 6) is 0.415. The highest BCUT2D eigenvalue weighted by Gasteiger charge is 2.21. The molecule has 0 bridgehead atoms. The van der Waals surface area contributed by atoms with Crippen molar-refractivity contribution in [3.8, 4) is 5.75 Å². The molecule has 1 aliphatic carbocycles. The van der Waals surface area contributed by atoms with E-state index in [1.54, 1.807) is 6.07 Å². The molecule has 1 aromatic heterocycles. The van der Waals surface area contributed by atoms with Crippen molar-refractivity contribution < 1.29 is 13.9 Å². The van der Waals surface area contributed by atoms with E-state index in [1.807, 2.05) is 18.2 Å². The van der Waals surface area contributed by atoms with Crippen LogP contribution in [0.4, 0.5) is 0 Å². The Morgan fingerprint density at radius 1 is 1.03 bits per heavy atom. The fourth-order valence-electron chi connectivity index (χ4n) is 5.01. The minimum Gasteiger partial charge on any atom is -0.484 e. The molecule has 0 saturated carbocycles. The molecule has 2 heterocycles. The Kier molecular flexibility index (Phi) is 6.44. The molecule has 33 heavy (non-hydrogen) atoms. The number of hydrogen-bond donors (Lipinski definition) is 1. The molecule has 1 aliphatic heterocycles. The van der Waals surface area contributed by atoms with Gasteiger partial charge in [0.2, 0.25) is 0 Å². The van der Waals surface area contributed by atoms with E-state index in [1.165, 1.54) is 5.56 Å². The quantitative estimate of drug-likeness (QED) is 0.583. The van der Waals surface area contributed by atoms with Gasteiger partial charge in [-0.3, -0.25) is 9.69 Å². The van der Waals surface area contributed by atoms with Crippen LogP contribution in [-0.2, 0) is 24.2 Å². The summed E-state index contributed by atoms with van der Waals surface area (Å²) in [6, 6.07) is 16.2. The third-order valence-corrected chi connectivity index (χ3v) is 6.77. The summed E-state index contributed by atoms with van der Waals surface area (Å²) in [7, 11) is 0. The molecule has 172 valence electrons. The van der Waals surface area contributed by atoms with Gasteiger partial charge in [-0.1, -0.05) is 30.3 Å². The highest BCUT2D eigenvalue weighted by molar-refractivity contribution is 5.83. The second-order valence-corrected chi connectivity index (χ2v) is 9.10. The van der Waals surface area contributed by atoms with E-state index in [4.69, 9.17) is 9.15 Å². The maximum atomic E-state index is 12.4. The van der Waals surface area contributed by atoms with Crippen LogP contribution < -0.4 is 15.7 Å². The van der Waals surface area contributed by atoms with Gasteiger partial charge in [0, 0.05) is 42.7 Å². The summed E-state index contributed by atoms with van der Waals surface area (Å²) in [4.78, 5) is 27.2. The number of hydrogen-bond acceptors (Lipinski definition) is 5. The van der Waals surface area contributed by atoms with Crippen molar-refractivity contribution in [3.63, 3.8) is 0 Å². The molecule has 5 rings (SSSR count). The fourth-order valence-corrected chi connectivity index (χ4v) is 5.01. The number of fused-ring (bicyclic) bond motifs is 3. The van der Waals surface area contributed by atoms with E-state index in [9.17, 15) is 9.59 Å². The van der Waals surface area contributed by atoms with Crippen molar-refractivity contribution in [2.45, 2.75) is 51.1 Å². The molecule has 6 heteroatoms. The lowest BCUT2D eigenvalue weighted by molar-refractivity contribution is -0.124. The van der Waals surface area contributed by atoms with Crippen molar-refractivity contribution in [3.05, 3.63) is 75.6 Å². The van der Waals surface area contributed by atoms with Crippen LogP contribution in [0.1, 0.15) is 42.4 Å². The molecule has 0 unspecified atom stereocenters. The van der Waals surface area contributed by atoms with Gasteiger partial charge in [0.15, 0.2) is 6.61 Å². The number of ether oxygens (including phenoxy) is 1. The van der Waals surface area contributed by atoms with Gasteiger partial charge in [-0.05, 0) is 61.8 Å². The Morgan fingerprint density at radius 3 is 2.58 bits per heavy atom. The minimum absolute atomic E-state index is 0.0507. The van der Waals surface area contributed by atoms with E-state index in [-0.39, 0.29) is 24.2 Å². The second kappa shape index (κ2) is 9.79. The van der Waals surface area contributed by atoms with E-state index in [2.05, 4.69) is 34.5 Å². The van der Waals surface area contributed by atoms with Crippen LogP contribution in [0.3, 0.4) is 0 Å². The number of nitrogens with zero attached hydrogens (tertiary/aromatic N) is 1. The van der Waals surface area contributed by atoms with Gasteiger partial charge in [0.05, 0.1) is 0 Å². The second-order valence-electron chi connectivity index (χ2n) is 9.10. The molecule has 1 N–H and O–H groups in total. The topological polar surface area (TPSA) is 71.8 Å². The number of nitrogens with one attached hydrogen (secondary N) is 1. The highest BCUT2D eigenvalue weighted by Crippen LogP contribution is 2.29. The van der Waals surface area contributed by atoms with Crippen molar-refractivity contribution >= 4 is 16.9 Å². The molecular formula is C27H30N2O4. The third kappa shape index (κ3) is 5.11. The molecule has 2 aromatic carbocycles. The van der Waals surface area contributed by atoms with Crippen molar-refractivity contribution in [2.75, 3.05) is 19.7 Å². The number of likely N-dealkylation sites (tertiary alicyclic amines) is 1. The third-order valence-electron chi connectivity index (χ3n) is 6.77. The van der Waals surface area contributed by atoms with Gasteiger partial charge in [0.25, 0.3) is 5.91 Å². The number of carbonyl (C=O) groups is 1. The lowest BCUT2D eigenvalue weighted by atomic mass is 9.91. The van der Waals surface area contributed by atoms with Crippen LogP contribution in [0.5, 0.6) is 5.75 Å². The van der Waals surface area contributed by atoms with Gasteiger partial charge in [-0.15, -0.1) is 0 Å². The normalized spacial score (nSPS) is 17.0. The largest absolute Gasteiger partial charge is 0.484 e. The zero-order valence-corrected chi connectivity index (χ0v) is 18.8. The van der Waals surface area contributed by atoms with E-state index in [0.717, 1.165) is 74.7 Å². The average molecular weight is 447 g/mol.